The van der Waals surface area contributed by atoms with Gasteiger partial charge >= 0.3 is 0 Å². The van der Waals surface area contributed by atoms with Crippen molar-refractivity contribution >= 4 is 15.9 Å². The maximum Gasteiger partial charge on any atom is 0.0782 e. The molecular weight excluding hydrogens is 486 g/mol. The third-order valence-corrected chi connectivity index (χ3v) is 6.82. The van der Waals surface area contributed by atoms with Gasteiger partial charge in [0.15, 0.2) is 0 Å². The third-order valence-electron chi connectivity index (χ3n) is 6.26. The van der Waals surface area contributed by atoms with Crippen LogP contribution in [0.15, 0.2) is 0 Å². The van der Waals surface area contributed by atoms with Crippen molar-refractivity contribution in [2.24, 2.45) is 0 Å². The predicted molar refractivity (Wildman–Crippen MR) is 134 cm³/mol. The third kappa shape index (κ3) is 26.9. The highest BCUT2D eigenvalue weighted by Crippen LogP contribution is 2.14. The van der Waals surface area contributed by atoms with E-state index in [4.69, 9.17) is 0 Å². The van der Waals surface area contributed by atoms with Crippen molar-refractivity contribution in [3.63, 3.8) is 0 Å². The topological polar surface area (TPSA) is 0 Å². The van der Waals surface area contributed by atoms with Gasteiger partial charge in [-0.05, 0) is 32.1 Å². The number of rotatable bonds is 23. The van der Waals surface area contributed by atoms with Crippen LogP contribution in [0.1, 0.15) is 135 Å². The molecule has 0 aliphatic heterocycles. The molecule has 0 radical (unpaired) electrons. The van der Waals surface area contributed by atoms with Gasteiger partial charge in [0.2, 0.25) is 0 Å². The Morgan fingerprint density at radius 3 is 1.03 bits per heavy atom. The average Bonchev–Trinajstić information content (AvgIpc) is 2.67. The summed E-state index contributed by atoms with van der Waals surface area (Å²) in [6, 6.07) is 0. The van der Waals surface area contributed by atoms with Gasteiger partial charge in [0.1, 0.15) is 0 Å². The molecule has 3 heteroatoms. The average molecular weight is 542 g/mol. The smallest absolute Gasteiger partial charge is 0.0782 e. The van der Waals surface area contributed by atoms with Crippen molar-refractivity contribution in [3.8, 4) is 0 Å². The van der Waals surface area contributed by atoms with E-state index in [1.165, 1.54) is 151 Å². The summed E-state index contributed by atoms with van der Waals surface area (Å²) in [6.07, 6.45) is 28.9. The van der Waals surface area contributed by atoms with Gasteiger partial charge in [0.05, 0.1) is 27.2 Å². The number of alkyl halides is 1. The standard InChI is InChI=1S/C26H55BrN.BrH/c1-4-5-6-7-8-9-10-11-13-16-19-22-25-28(2,3)26-23-20-17-14-12-15-18-21-24-27;/h4-26H2,1-3H3;1H/q+1;/p-1. The van der Waals surface area contributed by atoms with Crippen LogP contribution in [0.5, 0.6) is 0 Å². The van der Waals surface area contributed by atoms with Crippen molar-refractivity contribution < 1.29 is 21.5 Å². The number of quaternary nitrogens is 1. The molecule has 0 spiro atoms. The van der Waals surface area contributed by atoms with Crippen LogP contribution in [0.2, 0.25) is 0 Å². The fourth-order valence-electron chi connectivity index (χ4n) is 4.19. The Morgan fingerprint density at radius 2 is 0.724 bits per heavy atom. The summed E-state index contributed by atoms with van der Waals surface area (Å²) in [4.78, 5) is 0. The van der Waals surface area contributed by atoms with Gasteiger partial charge in [-0.1, -0.05) is 119 Å². The van der Waals surface area contributed by atoms with E-state index >= 15 is 0 Å². The van der Waals surface area contributed by atoms with Crippen LogP contribution in [0.4, 0.5) is 0 Å². The molecule has 178 valence electrons. The predicted octanol–water partition coefficient (Wildman–Crippen LogP) is 6.28. The lowest BCUT2D eigenvalue weighted by molar-refractivity contribution is -0.890. The molecule has 0 aliphatic rings. The van der Waals surface area contributed by atoms with Gasteiger partial charge in [-0.25, -0.2) is 0 Å². The van der Waals surface area contributed by atoms with Crippen molar-refractivity contribution in [1.29, 1.82) is 0 Å². The molecule has 0 rings (SSSR count). The summed E-state index contributed by atoms with van der Waals surface area (Å²) in [5.74, 6) is 0. The van der Waals surface area contributed by atoms with Gasteiger partial charge < -0.3 is 21.5 Å². The molecule has 0 heterocycles. The van der Waals surface area contributed by atoms with E-state index in [9.17, 15) is 0 Å². The highest BCUT2D eigenvalue weighted by Gasteiger charge is 2.13. The molecule has 0 saturated carbocycles. The van der Waals surface area contributed by atoms with E-state index in [0.29, 0.717) is 0 Å². The molecule has 0 fully saturated rings. The lowest BCUT2D eigenvalue weighted by Gasteiger charge is -2.30. The normalized spacial score (nSPS) is 11.6. The zero-order valence-electron chi connectivity index (χ0n) is 20.5. The number of unbranched alkanes of at least 4 members (excludes halogenated alkanes) is 18. The zero-order valence-corrected chi connectivity index (χ0v) is 23.6. The molecule has 0 aromatic rings. The molecule has 0 aromatic carbocycles. The lowest BCUT2D eigenvalue weighted by Crippen LogP contribution is -3.00. The first kappa shape index (κ1) is 32.1. The van der Waals surface area contributed by atoms with E-state index in [1.54, 1.807) is 0 Å². The monoisotopic (exact) mass is 539 g/mol. The Labute approximate surface area is 204 Å². The summed E-state index contributed by atoms with van der Waals surface area (Å²) in [5, 5.41) is 1.18. The van der Waals surface area contributed by atoms with E-state index < -0.39 is 0 Å². The van der Waals surface area contributed by atoms with Crippen LogP contribution in [-0.4, -0.2) is 37.0 Å². The molecule has 0 saturated heterocycles. The molecule has 0 amide bonds. The first-order chi connectivity index (χ1) is 13.6. The number of hydrogen-bond acceptors (Lipinski definition) is 0. The van der Waals surface area contributed by atoms with Crippen molar-refractivity contribution in [1.82, 2.24) is 0 Å². The maximum atomic E-state index is 3.52. The Morgan fingerprint density at radius 1 is 0.448 bits per heavy atom. The van der Waals surface area contributed by atoms with Gasteiger partial charge in [-0.2, -0.15) is 0 Å². The summed E-state index contributed by atoms with van der Waals surface area (Å²) in [7, 11) is 4.89. The molecule has 0 N–H and O–H groups in total. The molecule has 0 atom stereocenters. The van der Waals surface area contributed by atoms with Crippen LogP contribution in [0.3, 0.4) is 0 Å². The van der Waals surface area contributed by atoms with Crippen LogP contribution >= 0.6 is 15.9 Å². The minimum Gasteiger partial charge on any atom is -1.00 e. The van der Waals surface area contributed by atoms with Crippen LogP contribution < -0.4 is 17.0 Å². The molecule has 1 nitrogen and oxygen atoms in total. The summed E-state index contributed by atoms with van der Waals surface area (Å²) < 4.78 is 1.24. The van der Waals surface area contributed by atoms with E-state index in [1.807, 2.05) is 0 Å². The SMILES string of the molecule is CCCCCCCCCCCCCC[N+](C)(C)CCCCCCCCCCBr.[Br-]. The number of halogens is 2. The fraction of sp³-hybridized carbons (Fsp3) is 1.00. The lowest BCUT2D eigenvalue weighted by atomic mass is 10.0. The highest BCUT2D eigenvalue weighted by atomic mass is 79.9. The summed E-state index contributed by atoms with van der Waals surface area (Å²) in [5.41, 5.74) is 0. The van der Waals surface area contributed by atoms with Gasteiger partial charge in [-0.3, -0.25) is 0 Å². The van der Waals surface area contributed by atoms with E-state index in [-0.39, 0.29) is 17.0 Å². The van der Waals surface area contributed by atoms with E-state index in [0.717, 1.165) is 0 Å². The van der Waals surface area contributed by atoms with Crippen LogP contribution in [0, 0.1) is 0 Å². The van der Waals surface area contributed by atoms with Crippen molar-refractivity contribution in [2.45, 2.75) is 135 Å². The van der Waals surface area contributed by atoms with Crippen molar-refractivity contribution in [3.05, 3.63) is 0 Å². The summed E-state index contributed by atoms with van der Waals surface area (Å²) >= 11 is 3.52. The van der Waals surface area contributed by atoms with Gasteiger partial charge in [0, 0.05) is 5.33 Å². The highest BCUT2D eigenvalue weighted by molar-refractivity contribution is 9.09. The minimum atomic E-state index is 0. The van der Waals surface area contributed by atoms with Gasteiger partial charge in [0.25, 0.3) is 0 Å². The first-order valence-corrected chi connectivity index (χ1v) is 14.1. The molecule has 0 aromatic heterocycles. The molecule has 0 unspecified atom stereocenters. The minimum absolute atomic E-state index is 0. The molecule has 0 bridgehead atoms. The van der Waals surface area contributed by atoms with Crippen molar-refractivity contribution in [2.75, 3.05) is 32.5 Å². The van der Waals surface area contributed by atoms with Crippen LogP contribution in [-0.2, 0) is 0 Å². The second kappa shape index (κ2) is 25.2. The van der Waals surface area contributed by atoms with E-state index in [2.05, 4.69) is 36.9 Å². The largest absolute Gasteiger partial charge is 1.00 e. The zero-order chi connectivity index (χ0) is 20.8. The Hall–Kier alpha value is 0.920. The second-order valence-corrected chi connectivity index (χ2v) is 10.6. The second-order valence-electron chi connectivity index (χ2n) is 9.79. The first-order valence-electron chi connectivity index (χ1n) is 13.0. The molecule has 0 aliphatic carbocycles. The number of hydrogen-bond donors (Lipinski definition) is 0. The Balaban J connectivity index is 0. The molecular formula is C26H55Br2N. The quantitative estimate of drug-likeness (QED) is 0.0811. The van der Waals surface area contributed by atoms with Gasteiger partial charge in [-0.15, -0.1) is 0 Å². The Bertz CT molecular complexity index is 294. The Kier molecular flexibility index (Phi) is 27.9. The maximum absolute atomic E-state index is 3.52. The summed E-state index contributed by atoms with van der Waals surface area (Å²) in [6.45, 7) is 5.06. The number of nitrogens with zero attached hydrogens (tertiary/aromatic N) is 1. The fourth-order valence-corrected chi connectivity index (χ4v) is 4.58. The van der Waals surface area contributed by atoms with Crippen LogP contribution in [0.25, 0.3) is 0 Å². The molecule has 29 heavy (non-hydrogen) atoms.